The van der Waals surface area contributed by atoms with Gasteiger partial charge in [-0.15, -0.1) is 0 Å². The van der Waals surface area contributed by atoms with Gasteiger partial charge in [0, 0.05) is 11.9 Å². The van der Waals surface area contributed by atoms with E-state index in [0.29, 0.717) is 23.1 Å². The highest BCUT2D eigenvalue weighted by Crippen LogP contribution is 2.10. The van der Waals surface area contributed by atoms with Gasteiger partial charge >= 0.3 is 6.09 Å². The minimum Gasteiger partial charge on any atom is -0.465 e. The second kappa shape index (κ2) is 8.68. The Hall–Kier alpha value is -0.370. The number of rotatable bonds is 9. The van der Waals surface area contributed by atoms with Crippen molar-refractivity contribution in [1.29, 1.82) is 0 Å². The van der Waals surface area contributed by atoms with Crippen LogP contribution in [0, 0.1) is 0 Å². The van der Waals surface area contributed by atoms with Crippen LogP contribution in [0.3, 0.4) is 0 Å². The van der Waals surface area contributed by atoms with E-state index >= 15 is 0 Å². The van der Waals surface area contributed by atoms with E-state index in [2.05, 4.69) is 15.9 Å². The van der Waals surface area contributed by atoms with Crippen LogP contribution in [0.15, 0.2) is 0 Å². The average molecular weight is 348 g/mol. The molecule has 0 radical (unpaired) electrons. The Morgan fingerprint density at radius 2 is 2.06 bits per heavy atom. The molecule has 0 aromatic carbocycles. The number of carbonyl (C=O) groups is 1. The van der Waals surface area contributed by atoms with E-state index < -0.39 is 22.2 Å². The quantitative estimate of drug-likeness (QED) is 0.512. The van der Waals surface area contributed by atoms with Gasteiger partial charge in [0.2, 0.25) is 0 Å². The first-order chi connectivity index (χ1) is 8.34. The second-order valence-electron chi connectivity index (χ2n) is 3.89. The molecule has 0 fully saturated rings. The fraction of sp³-hybridized carbons (Fsp3) is 0.900. The summed E-state index contributed by atoms with van der Waals surface area (Å²) in [5.41, 5.74) is 0. The molecule has 1 unspecified atom stereocenters. The average Bonchev–Trinajstić information content (AvgIpc) is 2.26. The van der Waals surface area contributed by atoms with Crippen molar-refractivity contribution in [2.45, 2.75) is 32.5 Å². The van der Waals surface area contributed by atoms with Gasteiger partial charge in [0.15, 0.2) is 16.1 Å². The van der Waals surface area contributed by atoms with Crippen LogP contribution in [0.2, 0.25) is 0 Å². The van der Waals surface area contributed by atoms with Crippen molar-refractivity contribution in [2.24, 2.45) is 0 Å². The van der Waals surface area contributed by atoms with E-state index in [9.17, 15) is 17.6 Å². The van der Waals surface area contributed by atoms with Crippen LogP contribution < -0.4 is 0 Å². The number of nitrogens with zero attached hydrogens (tertiary/aromatic N) is 1. The molecule has 0 saturated heterocycles. The highest BCUT2D eigenvalue weighted by molar-refractivity contribution is 9.09. The molecule has 0 aliphatic heterocycles. The molecule has 1 N–H and O–H groups in total. The molecule has 5 nitrogen and oxygen atoms in total. The summed E-state index contributed by atoms with van der Waals surface area (Å²) in [6.45, 7) is 1.42. The summed E-state index contributed by atoms with van der Waals surface area (Å²) in [4.78, 5) is 11.4. The monoisotopic (exact) mass is 347 g/mol. The van der Waals surface area contributed by atoms with Crippen LogP contribution >= 0.6 is 15.9 Å². The van der Waals surface area contributed by atoms with E-state index in [0.717, 1.165) is 0 Å². The molecule has 18 heavy (non-hydrogen) atoms. The van der Waals surface area contributed by atoms with Gasteiger partial charge < -0.3 is 5.11 Å². The number of carboxylic acid groups (broad SMARTS) is 1. The highest BCUT2D eigenvalue weighted by Gasteiger charge is 2.24. The minimum absolute atomic E-state index is 0.0174. The van der Waals surface area contributed by atoms with Crippen LogP contribution in [-0.2, 0) is 9.84 Å². The molecule has 0 heterocycles. The molecule has 0 aromatic rings. The Balaban J connectivity index is 4.39. The van der Waals surface area contributed by atoms with Gasteiger partial charge in [-0.25, -0.2) is 17.6 Å². The van der Waals surface area contributed by atoms with Crippen LogP contribution in [0.25, 0.3) is 0 Å². The lowest BCUT2D eigenvalue weighted by Crippen LogP contribution is -2.40. The third-order valence-electron chi connectivity index (χ3n) is 2.34. The molecule has 0 bridgehead atoms. The molecule has 0 aliphatic carbocycles. The van der Waals surface area contributed by atoms with Crippen LogP contribution in [0.1, 0.15) is 26.2 Å². The number of alkyl halides is 2. The minimum atomic E-state index is -3.32. The zero-order valence-electron chi connectivity index (χ0n) is 10.3. The van der Waals surface area contributed by atoms with Gasteiger partial charge in [0.25, 0.3) is 0 Å². The molecule has 1 amide bonds. The lowest BCUT2D eigenvalue weighted by molar-refractivity contribution is 0.0708. The second-order valence-corrected chi connectivity index (χ2v) is 6.99. The van der Waals surface area contributed by atoms with Crippen molar-refractivity contribution in [1.82, 2.24) is 4.90 Å². The van der Waals surface area contributed by atoms with Crippen LogP contribution in [0.4, 0.5) is 9.18 Å². The molecule has 8 heteroatoms. The van der Waals surface area contributed by atoms with Crippen molar-refractivity contribution in [2.75, 3.05) is 23.4 Å². The predicted molar refractivity (Wildman–Crippen MR) is 71.6 cm³/mol. The Bertz CT molecular complexity index is 350. The van der Waals surface area contributed by atoms with E-state index in [1.807, 2.05) is 0 Å². The summed E-state index contributed by atoms with van der Waals surface area (Å²) >= 11 is 3.12. The zero-order valence-corrected chi connectivity index (χ0v) is 12.7. The fourth-order valence-corrected chi connectivity index (χ4v) is 3.28. The maximum atomic E-state index is 13.5. The smallest absolute Gasteiger partial charge is 0.409 e. The first-order valence-corrected chi connectivity index (χ1v) is 8.68. The van der Waals surface area contributed by atoms with Gasteiger partial charge in [-0.3, -0.25) is 4.90 Å². The number of amides is 1. The molecule has 1 atom stereocenters. The highest BCUT2D eigenvalue weighted by atomic mass is 79.9. The van der Waals surface area contributed by atoms with Crippen LogP contribution in [-0.4, -0.2) is 54.2 Å². The van der Waals surface area contributed by atoms with Crippen molar-refractivity contribution in [3.05, 3.63) is 0 Å². The van der Waals surface area contributed by atoms with Gasteiger partial charge in [-0.1, -0.05) is 29.3 Å². The molecule has 0 spiro atoms. The number of hydrogen-bond donors (Lipinski definition) is 1. The van der Waals surface area contributed by atoms with E-state index in [1.165, 1.54) is 0 Å². The Kier molecular flexibility index (Phi) is 8.51. The SMILES string of the molecule is CCCC(F)N(CCS(=O)(=O)CCCBr)C(=O)O. The summed E-state index contributed by atoms with van der Waals surface area (Å²) in [5, 5.41) is 9.39. The number of halogens is 2. The first kappa shape index (κ1) is 17.6. The maximum absolute atomic E-state index is 13.5. The molecule has 0 rings (SSSR count). The topological polar surface area (TPSA) is 74.7 Å². The van der Waals surface area contributed by atoms with E-state index in [-0.39, 0.29) is 24.5 Å². The zero-order chi connectivity index (χ0) is 14.2. The van der Waals surface area contributed by atoms with Crippen molar-refractivity contribution in [3.8, 4) is 0 Å². The molecular formula is C10H19BrFNO4S. The van der Waals surface area contributed by atoms with Crippen molar-refractivity contribution < 1.29 is 22.7 Å². The standard InChI is InChI=1S/C10H19BrFNO4S/c1-2-4-9(12)13(10(14)15)6-8-18(16,17)7-3-5-11/h9H,2-8H2,1H3,(H,14,15). The van der Waals surface area contributed by atoms with E-state index in [1.54, 1.807) is 6.92 Å². The molecule has 0 saturated carbocycles. The fourth-order valence-electron chi connectivity index (χ4n) is 1.36. The van der Waals surface area contributed by atoms with E-state index in [4.69, 9.17) is 5.11 Å². The van der Waals surface area contributed by atoms with Crippen molar-refractivity contribution in [3.63, 3.8) is 0 Å². The Morgan fingerprint density at radius 1 is 1.44 bits per heavy atom. The molecule has 0 aliphatic rings. The summed E-state index contributed by atoms with van der Waals surface area (Å²) in [7, 11) is -3.32. The largest absolute Gasteiger partial charge is 0.465 e. The molecule has 0 aromatic heterocycles. The summed E-state index contributed by atoms with van der Waals surface area (Å²) < 4.78 is 36.6. The number of hydrogen-bond acceptors (Lipinski definition) is 3. The lowest BCUT2D eigenvalue weighted by atomic mass is 10.3. The first-order valence-electron chi connectivity index (χ1n) is 5.74. The van der Waals surface area contributed by atoms with Gasteiger partial charge in [-0.05, 0) is 12.8 Å². The third kappa shape index (κ3) is 7.15. The summed E-state index contributed by atoms with van der Waals surface area (Å²) in [6, 6.07) is 0. The molecule has 108 valence electrons. The Labute approximate surface area is 115 Å². The predicted octanol–water partition coefficient (Wildman–Crippen LogP) is 2.26. The lowest BCUT2D eigenvalue weighted by Gasteiger charge is -2.22. The molecular weight excluding hydrogens is 329 g/mol. The maximum Gasteiger partial charge on any atom is 0.409 e. The van der Waals surface area contributed by atoms with Crippen LogP contribution in [0.5, 0.6) is 0 Å². The Morgan fingerprint density at radius 3 is 2.50 bits per heavy atom. The van der Waals surface area contributed by atoms with Gasteiger partial charge in [0.05, 0.1) is 11.5 Å². The summed E-state index contributed by atoms with van der Waals surface area (Å²) in [5.74, 6) is -0.354. The third-order valence-corrected chi connectivity index (χ3v) is 4.62. The normalized spacial score (nSPS) is 13.3. The number of sulfone groups is 1. The van der Waals surface area contributed by atoms with Gasteiger partial charge in [-0.2, -0.15) is 0 Å². The van der Waals surface area contributed by atoms with Gasteiger partial charge in [0.1, 0.15) is 0 Å². The summed E-state index contributed by atoms with van der Waals surface area (Å²) in [6.07, 6.45) is -2.02. The van der Waals surface area contributed by atoms with Crippen molar-refractivity contribution >= 4 is 31.9 Å².